The smallest absolute Gasteiger partial charge is 0.320 e. The zero-order valence-corrected chi connectivity index (χ0v) is 9.46. The van der Waals surface area contributed by atoms with E-state index in [1.165, 1.54) is 32.1 Å². The van der Waals surface area contributed by atoms with E-state index in [-0.39, 0.29) is 12.8 Å². The van der Waals surface area contributed by atoms with Gasteiger partial charge in [-0.25, -0.2) is 4.79 Å². The van der Waals surface area contributed by atoms with E-state index in [0.29, 0.717) is 0 Å². The van der Waals surface area contributed by atoms with E-state index in [1.807, 2.05) is 6.08 Å². The minimum absolute atomic E-state index is 0.337. The van der Waals surface area contributed by atoms with E-state index in [9.17, 15) is 4.79 Å². The Morgan fingerprint density at radius 3 is 2.67 bits per heavy atom. The van der Waals surface area contributed by atoms with Gasteiger partial charge in [0, 0.05) is 6.20 Å². The summed E-state index contributed by atoms with van der Waals surface area (Å²) in [6, 6.07) is -0.375. The maximum atomic E-state index is 10.8. The van der Waals surface area contributed by atoms with Gasteiger partial charge < -0.3 is 15.7 Å². The normalized spacial score (nSPS) is 10.5. The van der Waals surface area contributed by atoms with Gasteiger partial charge in [-0.1, -0.05) is 38.7 Å². The molecule has 0 aliphatic rings. The average molecular weight is 214 g/mol. The summed E-state index contributed by atoms with van der Waals surface area (Å²) in [5.41, 5.74) is 0. The van der Waals surface area contributed by atoms with Crippen LogP contribution in [0, 0.1) is 0 Å². The largest absolute Gasteiger partial charge is 0.376 e. The van der Waals surface area contributed by atoms with Crippen molar-refractivity contribution in [2.45, 2.75) is 45.4 Å². The number of amides is 2. The van der Waals surface area contributed by atoms with Crippen LogP contribution in [0.3, 0.4) is 0 Å². The van der Waals surface area contributed by atoms with Gasteiger partial charge in [0.25, 0.3) is 0 Å². The van der Waals surface area contributed by atoms with Gasteiger partial charge in [0.05, 0.1) is 0 Å². The van der Waals surface area contributed by atoms with E-state index >= 15 is 0 Å². The summed E-state index contributed by atoms with van der Waals surface area (Å²) in [7, 11) is 0. The van der Waals surface area contributed by atoms with Crippen molar-refractivity contribution in [3.8, 4) is 0 Å². The number of aliphatic hydroxyl groups is 1. The molecule has 0 bridgehead atoms. The molecule has 2 amide bonds. The standard InChI is InChI=1S/C11H22N2O2/c1-2-3-4-5-6-7-8-9-12-11(15)13-10-14/h8-9,14H,2-7,10H2,1H3,(H2,12,13,15)/b9-8+. The van der Waals surface area contributed by atoms with Crippen molar-refractivity contribution in [1.82, 2.24) is 10.6 Å². The van der Waals surface area contributed by atoms with Crippen molar-refractivity contribution in [3.63, 3.8) is 0 Å². The van der Waals surface area contributed by atoms with Crippen molar-refractivity contribution in [2.24, 2.45) is 0 Å². The van der Waals surface area contributed by atoms with Gasteiger partial charge in [-0.2, -0.15) is 0 Å². The summed E-state index contributed by atoms with van der Waals surface area (Å²) in [5.74, 6) is 0. The Labute approximate surface area is 91.8 Å². The van der Waals surface area contributed by atoms with Crippen LogP contribution in [0.4, 0.5) is 4.79 Å². The first kappa shape index (κ1) is 14.0. The monoisotopic (exact) mass is 214 g/mol. The highest BCUT2D eigenvalue weighted by atomic mass is 16.3. The van der Waals surface area contributed by atoms with Gasteiger partial charge in [-0.15, -0.1) is 0 Å². The van der Waals surface area contributed by atoms with Crippen LogP contribution in [-0.2, 0) is 0 Å². The van der Waals surface area contributed by atoms with Crippen molar-refractivity contribution in [2.75, 3.05) is 6.73 Å². The maximum absolute atomic E-state index is 10.8. The molecule has 0 saturated heterocycles. The molecule has 3 N–H and O–H groups in total. The number of aliphatic hydroxyl groups excluding tert-OH is 1. The summed E-state index contributed by atoms with van der Waals surface area (Å²) in [6.07, 6.45) is 10.8. The third-order valence-corrected chi connectivity index (χ3v) is 2.05. The molecule has 88 valence electrons. The fourth-order valence-electron chi connectivity index (χ4n) is 1.21. The molecule has 0 spiro atoms. The third-order valence-electron chi connectivity index (χ3n) is 2.05. The maximum Gasteiger partial charge on any atom is 0.320 e. The van der Waals surface area contributed by atoms with Gasteiger partial charge in [0.15, 0.2) is 0 Å². The second-order valence-electron chi connectivity index (χ2n) is 3.41. The third kappa shape index (κ3) is 10.9. The Balaban J connectivity index is 3.20. The van der Waals surface area contributed by atoms with Gasteiger partial charge in [-0.05, 0) is 12.8 Å². The zero-order valence-electron chi connectivity index (χ0n) is 9.46. The lowest BCUT2D eigenvalue weighted by molar-refractivity contribution is 0.220. The molecule has 0 fully saturated rings. The molecule has 0 rings (SSSR count). The fraction of sp³-hybridized carbons (Fsp3) is 0.727. The number of carbonyl (C=O) groups excluding carboxylic acids is 1. The van der Waals surface area contributed by atoms with Gasteiger partial charge >= 0.3 is 6.03 Å². The highest BCUT2D eigenvalue weighted by Gasteiger charge is 1.91. The molecule has 0 atom stereocenters. The number of hydrogen-bond donors (Lipinski definition) is 3. The first-order valence-corrected chi connectivity index (χ1v) is 5.61. The van der Waals surface area contributed by atoms with E-state index in [0.717, 1.165) is 6.42 Å². The molecule has 0 unspecified atom stereocenters. The lowest BCUT2D eigenvalue weighted by Crippen LogP contribution is -2.32. The Morgan fingerprint density at radius 2 is 2.00 bits per heavy atom. The Hall–Kier alpha value is -1.03. The quantitative estimate of drug-likeness (QED) is 0.428. The van der Waals surface area contributed by atoms with Gasteiger partial charge in [0.1, 0.15) is 6.73 Å². The molecule has 0 radical (unpaired) electrons. The fourth-order valence-corrected chi connectivity index (χ4v) is 1.21. The summed E-state index contributed by atoms with van der Waals surface area (Å²) in [6.45, 7) is 1.86. The van der Waals surface area contributed by atoms with Crippen molar-refractivity contribution in [1.29, 1.82) is 0 Å². The van der Waals surface area contributed by atoms with Crippen LogP contribution in [0.25, 0.3) is 0 Å². The van der Waals surface area contributed by atoms with E-state index in [4.69, 9.17) is 5.11 Å². The molecule has 0 saturated carbocycles. The summed E-state index contributed by atoms with van der Waals surface area (Å²) in [4.78, 5) is 10.8. The van der Waals surface area contributed by atoms with Crippen LogP contribution in [0.5, 0.6) is 0 Å². The van der Waals surface area contributed by atoms with Crippen molar-refractivity contribution >= 4 is 6.03 Å². The predicted octanol–water partition coefficient (Wildman–Crippen LogP) is 2.11. The molecule has 0 aliphatic heterocycles. The Morgan fingerprint density at radius 1 is 1.27 bits per heavy atom. The van der Waals surface area contributed by atoms with Crippen LogP contribution in [0.2, 0.25) is 0 Å². The number of urea groups is 1. The molecule has 0 aliphatic carbocycles. The molecule has 15 heavy (non-hydrogen) atoms. The number of rotatable bonds is 8. The molecular weight excluding hydrogens is 192 g/mol. The van der Waals surface area contributed by atoms with Crippen LogP contribution in [0.15, 0.2) is 12.3 Å². The highest BCUT2D eigenvalue weighted by molar-refractivity contribution is 5.74. The molecular formula is C11H22N2O2. The summed E-state index contributed by atoms with van der Waals surface area (Å²) in [5, 5.41) is 13.1. The second kappa shape index (κ2) is 11.0. The van der Waals surface area contributed by atoms with Crippen LogP contribution in [0.1, 0.15) is 45.4 Å². The van der Waals surface area contributed by atoms with Crippen molar-refractivity contribution < 1.29 is 9.90 Å². The predicted molar refractivity (Wildman–Crippen MR) is 61.3 cm³/mol. The minimum atomic E-state index is -0.375. The van der Waals surface area contributed by atoms with E-state index in [1.54, 1.807) is 6.20 Å². The lowest BCUT2D eigenvalue weighted by Gasteiger charge is -1.99. The summed E-state index contributed by atoms with van der Waals surface area (Å²) < 4.78 is 0. The van der Waals surface area contributed by atoms with Gasteiger partial charge in [0.2, 0.25) is 0 Å². The zero-order chi connectivity index (χ0) is 11.4. The van der Waals surface area contributed by atoms with Gasteiger partial charge in [-0.3, -0.25) is 0 Å². The van der Waals surface area contributed by atoms with Crippen molar-refractivity contribution in [3.05, 3.63) is 12.3 Å². The number of unbranched alkanes of at least 4 members (excludes halogenated alkanes) is 5. The number of nitrogens with one attached hydrogen (secondary N) is 2. The van der Waals surface area contributed by atoms with Crippen LogP contribution >= 0.6 is 0 Å². The van der Waals surface area contributed by atoms with E-state index < -0.39 is 0 Å². The van der Waals surface area contributed by atoms with Crippen LogP contribution in [-0.4, -0.2) is 17.9 Å². The summed E-state index contributed by atoms with van der Waals surface area (Å²) >= 11 is 0. The first-order valence-electron chi connectivity index (χ1n) is 5.61. The lowest BCUT2D eigenvalue weighted by atomic mass is 10.1. The molecule has 0 heterocycles. The SMILES string of the molecule is CCCCCCC/C=C/NC(=O)NCO. The molecule has 4 heteroatoms. The molecule has 0 aromatic rings. The average Bonchev–Trinajstić information content (AvgIpc) is 2.22. The van der Waals surface area contributed by atoms with E-state index in [2.05, 4.69) is 17.6 Å². The molecule has 0 aromatic heterocycles. The second-order valence-corrected chi connectivity index (χ2v) is 3.41. The molecule has 0 aromatic carbocycles. The Bertz CT molecular complexity index is 181. The number of carbonyl (C=O) groups is 1. The number of allylic oxidation sites excluding steroid dienone is 1. The minimum Gasteiger partial charge on any atom is -0.376 e. The number of hydrogen-bond acceptors (Lipinski definition) is 2. The highest BCUT2D eigenvalue weighted by Crippen LogP contribution is 2.04. The van der Waals surface area contributed by atoms with Crippen LogP contribution < -0.4 is 10.6 Å². The topological polar surface area (TPSA) is 61.4 Å². The Kier molecular flexibility index (Phi) is 10.3. The molecule has 4 nitrogen and oxygen atoms in total. The first-order chi connectivity index (χ1) is 7.31.